The molecule has 4 amide bonds. The van der Waals surface area contributed by atoms with Gasteiger partial charge in [-0.3, -0.25) is 9.80 Å². The number of nitrogens with one attached hydrogen (secondary N) is 4. The average molecular weight is 539 g/mol. The average Bonchev–Trinajstić information content (AvgIpc) is 2.91. The molecule has 8 heteroatoms. The van der Waals surface area contributed by atoms with Crippen LogP contribution in [-0.2, 0) is 6.42 Å². The summed E-state index contributed by atoms with van der Waals surface area (Å²) in [5.74, 6) is 0. The van der Waals surface area contributed by atoms with Gasteiger partial charge in [-0.2, -0.15) is 0 Å². The van der Waals surface area contributed by atoms with E-state index in [0.29, 0.717) is 19.8 Å². The highest BCUT2D eigenvalue weighted by atomic mass is 16.2. The van der Waals surface area contributed by atoms with Crippen LogP contribution in [0.4, 0.5) is 21.0 Å². The molecule has 0 aliphatic carbocycles. The second kappa shape index (κ2) is 19.0. The molecule has 2 aromatic carbocycles. The fourth-order valence-corrected chi connectivity index (χ4v) is 4.29. The molecule has 0 radical (unpaired) electrons. The molecule has 0 heterocycles. The van der Waals surface area contributed by atoms with Crippen molar-refractivity contribution in [3.8, 4) is 0 Å². The maximum atomic E-state index is 12.4. The Hall–Kier alpha value is -3.10. The first kappa shape index (κ1) is 32.1. The van der Waals surface area contributed by atoms with Gasteiger partial charge in [0.25, 0.3) is 0 Å². The molecule has 8 nitrogen and oxygen atoms in total. The van der Waals surface area contributed by atoms with Gasteiger partial charge >= 0.3 is 12.1 Å². The van der Waals surface area contributed by atoms with Gasteiger partial charge < -0.3 is 21.3 Å². The van der Waals surface area contributed by atoms with Crippen LogP contribution in [0.15, 0.2) is 48.5 Å². The van der Waals surface area contributed by atoms with Crippen molar-refractivity contribution in [2.45, 2.75) is 71.6 Å². The molecule has 0 unspecified atom stereocenters. The largest absolute Gasteiger partial charge is 0.325 e. The van der Waals surface area contributed by atoms with Crippen LogP contribution in [0.5, 0.6) is 0 Å². The van der Waals surface area contributed by atoms with E-state index in [1.807, 2.05) is 62.6 Å². The fourth-order valence-electron chi connectivity index (χ4n) is 4.29. The molecule has 0 aliphatic rings. The van der Waals surface area contributed by atoms with E-state index in [1.54, 1.807) is 0 Å². The van der Waals surface area contributed by atoms with E-state index in [1.165, 1.54) is 38.5 Å². The summed E-state index contributed by atoms with van der Waals surface area (Å²) >= 11 is 0. The van der Waals surface area contributed by atoms with Crippen LogP contribution in [0.25, 0.3) is 0 Å². The van der Waals surface area contributed by atoms with Crippen molar-refractivity contribution in [2.75, 3.05) is 51.2 Å². The Balaban J connectivity index is 1.78. The number of rotatable bonds is 18. The molecular formula is C31H50N6O2. The maximum absolute atomic E-state index is 12.4. The van der Waals surface area contributed by atoms with E-state index in [0.717, 1.165) is 48.4 Å². The lowest BCUT2D eigenvalue weighted by atomic mass is 10.0. The van der Waals surface area contributed by atoms with Crippen molar-refractivity contribution in [3.05, 3.63) is 59.7 Å². The van der Waals surface area contributed by atoms with Gasteiger partial charge in [0.15, 0.2) is 0 Å². The molecule has 2 aromatic rings. The van der Waals surface area contributed by atoms with E-state index in [4.69, 9.17) is 0 Å². The van der Waals surface area contributed by atoms with Gasteiger partial charge in [0.05, 0.1) is 13.3 Å². The topological polar surface area (TPSA) is 88.7 Å². The minimum atomic E-state index is -0.212. The molecule has 4 N–H and O–H groups in total. The molecule has 0 aromatic heterocycles. The molecule has 0 saturated heterocycles. The first-order valence-corrected chi connectivity index (χ1v) is 14.5. The van der Waals surface area contributed by atoms with Crippen LogP contribution < -0.4 is 21.3 Å². The normalized spacial score (nSPS) is 11.0. The van der Waals surface area contributed by atoms with Gasteiger partial charge in [-0.25, -0.2) is 9.59 Å². The summed E-state index contributed by atoms with van der Waals surface area (Å²) in [5, 5.41) is 11.7. The van der Waals surface area contributed by atoms with Gasteiger partial charge in [-0.1, -0.05) is 76.6 Å². The minimum Gasteiger partial charge on any atom is -0.325 e. The predicted molar refractivity (Wildman–Crippen MR) is 163 cm³/mol. The third-order valence-corrected chi connectivity index (χ3v) is 6.58. The van der Waals surface area contributed by atoms with Crippen LogP contribution in [-0.4, -0.2) is 62.4 Å². The highest BCUT2D eigenvalue weighted by Crippen LogP contribution is 2.18. The zero-order valence-corrected chi connectivity index (χ0v) is 24.5. The Morgan fingerprint density at radius 2 is 1.08 bits per heavy atom. The van der Waals surface area contributed by atoms with Crippen molar-refractivity contribution < 1.29 is 9.59 Å². The number of amides is 4. The molecule has 216 valence electrons. The third-order valence-electron chi connectivity index (χ3n) is 6.58. The monoisotopic (exact) mass is 538 g/mol. The Morgan fingerprint density at radius 1 is 0.641 bits per heavy atom. The highest BCUT2D eigenvalue weighted by molar-refractivity contribution is 5.89. The van der Waals surface area contributed by atoms with Crippen molar-refractivity contribution in [1.82, 2.24) is 20.4 Å². The maximum Gasteiger partial charge on any atom is 0.320 e. The predicted octanol–water partition coefficient (Wildman–Crippen LogP) is 6.46. The smallest absolute Gasteiger partial charge is 0.320 e. The Bertz CT molecular complexity index is 906. The van der Waals surface area contributed by atoms with Gasteiger partial charge in [-0.05, 0) is 81.8 Å². The number of nitrogens with zero attached hydrogens (tertiary/aromatic N) is 2. The number of carbonyl (C=O) groups is 2. The molecule has 0 bridgehead atoms. The van der Waals surface area contributed by atoms with Gasteiger partial charge in [0.2, 0.25) is 0 Å². The summed E-state index contributed by atoms with van der Waals surface area (Å²) in [7, 11) is 4.04. The van der Waals surface area contributed by atoms with E-state index in [2.05, 4.69) is 44.9 Å². The summed E-state index contributed by atoms with van der Waals surface area (Å²) in [6, 6.07) is 15.3. The Morgan fingerprint density at radius 3 is 1.49 bits per heavy atom. The first-order valence-electron chi connectivity index (χ1n) is 14.5. The zero-order valence-electron chi connectivity index (χ0n) is 24.5. The Kier molecular flexibility index (Phi) is 15.7. The fraction of sp³-hybridized carbons (Fsp3) is 0.548. The van der Waals surface area contributed by atoms with E-state index >= 15 is 0 Å². The molecule has 0 aliphatic heterocycles. The van der Waals surface area contributed by atoms with Crippen LogP contribution in [0.1, 0.15) is 76.3 Å². The molecule has 2 rings (SSSR count). The van der Waals surface area contributed by atoms with Crippen LogP contribution in [0, 0.1) is 0 Å². The zero-order chi connectivity index (χ0) is 28.3. The summed E-state index contributed by atoms with van der Waals surface area (Å²) in [4.78, 5) is 29.0. The highest BCUT2D eigenvalue weighted by Gasteiger charge is 2.07. The van der Waals surface area contributed by atoms with E-state index in [-0.39, 0.29) is 12.1 Å². The summed E-state index contributed by atoms with van der Waals surface area (Å²) < 4.78 is 0. The van der Waals surface area contributed by atoms with Gasteiger partial charge in [0, 0.05) is 11.4 Å². The molecule has 0 atom stereocenters. The van der Waals surface area contributed by atoms with Gasteiger partial charge in [-0.15, -0.1) is 0 Å². The SMILES string of the molecule is CCCCCCN(C)CNC(=O)Nc1cccc(Cc2cccc(NC(=O)NCN(C)CCCCCC)c2)c1. The lowest BCUT2D eigenvalue weighted by molar-refractivity contribution is 0.239. The summed E-state index contributed by atoms with van der Waals surface area (Å²) in [5.41, 5.74) is 3.66. The second-order valence-corrected chi connectivity index (χ2v) is 10.4. The quantitative estimate of drug-likeness (QED) is 0.130. The first-order chi connectivity index (χ1) is 18.9. The van der Waals surface area contributed by atoms with Gasteiger partial charge in [0.1, 0.15) is 0 Å². The summed E-state index contributed by atoms with van der Waals surface area (Å²) in [6.45, 7) is 7.39. The number of benzene rings is 2. The van der Waals surface area contributed by atoms with E-state index < -0.39 is 0 Å². The number of urea groups is 2. The van der Waals surface area contributed by atoms with Crippen LogP contribution in [0.3, 0.4) is 0 Å². The standard InChI is InChI=1S/C31H50N6O2/c1-5-7-9-11-19-36(3)24-32-30(38)34-28-17-13-15-26(22-28)21-27-16-14-18-29(23-27)35-31(39)33-25-37(4)20-12-10-8-6-2/h13-18,22-23H,5-12,19-21,24-25H2,1-4H3,(H2,32,34,38)(H2,33,35,39). The second-order valence-electron chi connectivity index (χ2n) is 10.4. The number of carbonyl (C=O) groups excluding carboxylic acids is 2. The number of hydrogen-bond donors (Lipinski definition) is 4. The molecule has 0 fully saturated rings. The molecule has 39 heavy (non-hydrogen) atoms. The minimum absolute atomic E-state index is 0.212. The number of hydrogen-bond acceptors (Lipinski definition) is 4. The molecular weight excluding hydrogens is 488 g/mol. The molecule has 0 spiro atoms. The lowest BCUT2D eigenvalue weighted by Crippen LogP contribution is -2.38. The van der Waals surface area contributed by atoms with Crippen molar-refractivity contribution in [1.29, 1.82) is 0 Å². The molecule has 0 saturated carbocycles. The third kappa shape index (κ3) is 14.6. The van der Waals surface area contributed by atoms with Crippen LogP contribution in [0.2, 0.25) is 0 Å². The van der Waals surface area contributed by atoms with Crippen molar-refractivity contribution >= 4 is 23.4 Å². The van der Waals surface area contributed by atoms with Crippen LogP contribution >= 0.6 is 0 Å². The number of unbranched alkanes of at least 4 members (excludes halogenated alkanes) is 6. The lowest BCUT2D eigenvalue weighted by Gasteiger charge is -2.18. The van der Waals surface area contributed by atoms with E-state index in [9.17, 15) is 9.59 Å². The Labute approximate surface area is 235 Å². The van der Waals surface area contributed by atoms with Crippen molar-refractivity contribution in [3.63, 3.8) is 0 Å². The summed E-state index contributed by atoms with van der Waals surface area (Å²) in [6.07, 6.45) is 10.4. The number of anilines is 2. The van der Waals surface area contributed by atoms with Crippen molar-refractivity contribution in [2.24, 2.45) is 0 Å².